The number of methoxy groups -OCH3 is 1. The maximum absolute atomic E-state index is 12.1. The van der Waals surface area contributed by atoms with Crippen LogP contribution in [0.4, 0.5) is 5.95 Å². The molecule has 5 nitrogen and oxygen atoms in total. The zero-order chi connectivity index (χ0) is 13.1. The monoisotopic (exact) mass is 269 g/mol. The van der Waals surface area contributed by atoms with Crippen LogP contribution in [0.3, 0.4) is 0 Å². The number of anilines is 1. The molecule has 1 amide bonds. The third-order valence-corrected chi connectivity index (χ3v) is 3.51. The number of amides is 1. The summed E-state index contributed by atoms with van der Waals surface area (Å²) in [4.78, 5) is 20.1. The van der Waals surface area contributed by atoms with Gasteiger partial charge in [-0.3, -0.25) is 10.1 Å². The Morgan fingerprint density at radius 3 is 2.89 bits per heavy atom. The van der Waals surface area contributed by atoms with Gasteiger partial charge in [0.25, 0.3) is 0 Å². The van der Waals surface area contributed by atoms with Crippen molar-refractivity contribution in [3.63, 3.8) is 0 Å². The zero-order valence-corrected chi connectivity index (χ0v) is 11.2. The van der Waals surface area contributed by atoms with Gasteiger partial charge in [-0.15, -0.1) is 0 Å². The second-order valence-electron chi connectivity index (χ2n) is 4.56. The number of aromatic nitrogens is 2. The number of hydrogen-bond donors (Lipinski definition) is 1. The van der Waals surface area contributed by atoms with Crippen molar-refractivity contribution < 1.29 is 9.53 Å². The summed E-state index contributed by atoms with van der Waals surface area (Å²) in [5.74, 6) is 0.946. The number of carbonyl (C=O) groups is 1. The molecule has 1 aliphatic rings. The number of halogens is 1. The van der Waals surface area contributed by atoms with Crippen LogP contribution in [-0.4, -0.2) is 23.0 Å². The van der Waals surface area contributed by atoms with Crippen molar-refractivity contribution in [3.05, 3.63) is 11.2 Å². The molecule has 1 N–H and O–H groups in total. The molecule has 1 aromatic rings. The van der Waals surface area contributed by atoms with Crippen molar-refractivity contribution in [3.8, 4) is 5.88 Å². The molecule has 1 fully saturated rings. The Bertz CT molecular complexity index is 453. The molecule has 0 saturated heterocycles. The summed E-state index contributed by atoms with van der Waals surface area (Å²) in [6.45, 7) is 2.09. The van der Waals surface area contributed by atoms with Crippen LogP contribution >= 0.6 is 11.6 Å². The van der Waals surface area contributed by atoms with Gasteiger partial charge < -0.3 is 4.74 Å². The SMILES string of the molecule is COc1cc(Cl)nc(NC(=O)C2CCCC2C)n1. The molecule has 18 heavy (non-hydrogen) atoms. The summed E-state index contributed by atoms with van der Waals surface area (Å²) in [5.41, 5.74) is 0. The summed E-state index contributed by atoms with van der Waals surface area (Å²) >= 11 is 5.82. The lowest BCUT2D eigenvalue weighted by atomic mass is 9.97. The van der Waals surface area contributed by atoms with Crippen LogP contribution in [0.2, 0.25) is 5.15 Å². The minimum absolute atomic E-state index is 0.0377. The molecule has 98 valence electrons. The summed E-state index contributed by atoms with van der Waals surface area (Å²) in [6, 6.07) is 1.50. The molecule has 0 aromatic carbocycles. The molecule has 2 atom stereocenters. The Balaban J connectivity index is 2.09. The minimum Gasteiger partial charge on any atom is -0.481 e. The molecule has 1 aliphatic carbocycles. The van der Waals surface area contributed by atoms with Gasteiger partial charge in [0, 0.05) is 12.0 Å². The van der Waals surface area contributed by atoms with E-state index in [1.54, 1.807) is 0 Å². The summed E-state index contributed by atoms with van der Waals surface area (Å²) in [6.07, 6.45) is 3.11. The van der Waals surface area contributed by atoms with Gasteiger partial charge in [-0.05, 0) is 18.8 Å². The lowest BCUT2D eigenvalue weighted by Crippen LogP contribution is -2.25. The first-order valence-electron chi connectivity index (χ1n) is 5.99. The number of nitrogens with zero attached hydrogens (tertiary/aromatic N) is 2. The Morgan fingerprint density at radius 1 is 1.50 bits per heavy atom. The van der Waals surface area contributed by atoms with Crippen LogP contribution in [0.15, 0.2) is 6.07 Å². The lowest BCUT2D eigenvalue weighted by Gasteiger charge is -2.14. The van der Waals surface area contributed by atoms with Gasteiger partial charge in [0.1, 0.15) is 5.15 Å². The molecular formula is C12H16ClN3O2. The molecule has 0 aliphatic heterocycles. The highest BCUT2D eigenvalue weighted by molar-refractivity contribution is 6.29. The van der Waals surface area contributed by atoms with Gasteiger partial charge >= 0.3 is 0 Å². The first kappa shape index (κ1) is 13.1. The number of hydrogen-bond acceptors (Lipinski definition) is 4. The van der Waals surface area contributed by atoms with E-state index in [1.165, 1.54) is 13.2 Å². The molecule has 0 bridgehead atoms. The maximum Gasteiger partial charge on any atom is 0.234 e. The molecule has 2 rings (SSSR count). The minimum atomic E-state index is -0.0377. The second-order valence-corrected chi connectivity index (χ2v) is 4.95. The molecule has 0 radical (unpaired) electrons. The first-order valence-corrected chi connectivity index (χ1v) is 6.37. The standard InChI is InChI=1S/C12H16ClN3O2/c1-7-4-3-5-8(7)11(17)16-12-14-9(13)6-10(15-12)18-2/h6-8H,3-5H2,1-2H3,(H,14,15,16,17). The van der Waals surface area contributed by atoms with Gasteiger partial charge in [-0.2, -0.15) is 4.98 Å². The molecule has 6 heteroatoms. The number of ether oxygens (including phenoxy) is 1. The summed E-state index contributed by atoms with van der Waals surface area (Å²) < 4.78 is 4.98. The lowest BCUT2D eigenvalue weighted by molar-refractivity contribution is -0.120. The summed E-state index contributed by atoms with van der Waals surface area (Å²) in [7, 11) is 1.49. The Labute approximate surface area is 111 Å². The van der Waals surface area contributed by atoms with E-state index in [1.807, 2.05) is 0 Å². The van der Waals surface area contributed by atoms with Crippen LogP contribution in [0.25, 0.3) is 0 Å². The van der Waals surface area contributed by atoms with E-state index in [0.29, 0.717) is 11.8 Å². The van der Waals surface area contributed by atoms with Gasteiger partial charge in [0.05, 0.1) is 7.11 Å². The van der Waals surface area contributed by atoms with E-state index in [2.05, 4.69) is 22.2 Å². The smallest absolute Gasteiger partial charge is 0.234 e. The van der Waals surface area contributed by atoms with E-state index in [0.717, 1.165) is 19.3 Å². The van der Waals surface area contributed by atoms with Gasteiger partial charge in [0.15, 0.2) is 0 Å². The highest BCUT2D eigenvalue weighted by Crippen LogP contribution is 2.31. The average Bonchev–Trinajstić information content (AvgIpc) is 2.74. The maximum atomic E-state index is 12.1. The predicted octanol–water partition coefficient (Wildman–Crippen LogP) is 2.51. The van der Waals surface area contributed by atoms with Crippen molar-refractivity contribution in [2.75, 3.05) is 12.4 Å². The van der Waals surface area contributed by atoms with Crippen LogP contribution in [0.5, 0.6) is 5.88 Å². The van der Waals surface area contributed by atoms with Crippen molar-refractivity contribution in [2.24, 2.45) is 11.8 Å². The number of rotatable bonds is 3. The fraction of sp³-hybridized carbons (Fsp3) is 0.583. The molecule has 2 unspecified atom stereocenters. The Morgan fingerprint density at radius 2 is 2.28 bits per heavy atom. The highest BCUT2D eigenvalue weighted by atomic mass is 35.5. The number of nitrogens with one attached hydrogen (secondary N) is 1. The summed E-state index contributed by atoms with van der Waals surface area (Å²) in [5, 5.41) is 2.95. The third-order valence-electron chi connectivity index (χ3n) is 3.31. The topological polar surface area (TPSA) is 64.1 Å². The highest BCUT2D eigenvalue weighted by Gasteiger charge is 2.30. The quantitative estimate of drug-likeness (QED) is 0.857. The Kier molecular flexibility index (Phi) is 4.01. The van der Waals surface area contributed by atoms with E-state index in [-0.39, 0.29) is 22.9 Å². The molecule has 1 saturated carbocycles. The predicted molar refractivity (Wildman–Crippen MR) is 68.7 cm³/mol. The normalized spacial score (nSPS) is 22.8. The van der Waals surface area contributed by atoms with Crippen molar-refractivity contribution in [1.29, 1.82) is 0 Å². The van der Waals surface area contributed by atoms with E-state index < -0.39 is 0 Å². The second kappa shape index (κ2) is 5.52. The van der Waals surface area contributed by atoms with E-state index in [4.69, 9.17) is 16.3 Å². The molecule has 0 spiro atoms. The van der Waals surface area contributed by atoms with Gasteiger partial charge in [-0.25, -0.2) is 4.98 Å². The van der Waals surface area contributed by atoms with Gasteiger partial charge in [-0.1, -0.05) is 24.9 Å². The van der Waals surface area contributed by atoms with Crippen molar-refractivity contribution in [1.82, 2.24) is 9.97 Å². The molecule has 1 aromatic heterocycles. The van der Waals surface area contributed by atoms with E-state index in [9.17, 15) is 4.79 Å². The largest absolute Gasteiger partial charge is 0.481 e. The van der Waals surface area contributed by atoms with Crippen molar-refractivity contribution in [2.45, 2.75) is 26.2 Å². The fourth-order valence-corrected chi connectivity index (χ4v) is 2.47. The third kappa shape index (κ3) is 2.90. The van der Waals surface area contributed by atoms with Crippen molar-refractivity contribution >= 4 is 23.5 Å². The number of carbonyl (C=O) groups excluding carboxylic acids is 1. The molecular weight excluding hydrogens is 254 g/mol. The molecule has 1 heterocycles. The first-order chi connectivity index (χ1) is 8.60. The van der Waals surface area contributed by atoms with E-state index >= 15 is 0 Å². The van der Waals surface area contributed by atoms with Crippen LogP contribution in [-0.2, 0) is 4.79 Å². The van der Waals surface area contributed by atoms with Crippen LogP contribution in [0, 0.1) is 11.8 Å². The average molecular weight is 270 g/mol. The van der Waals surface area contributed by atoms with Crippen LogP contribution in [0.1, 0.15) is 26.2 Å². The van der Waals surface area contributed by atoms with Crippen LogP contribution < -0.4 is 10.1 Å². The Hall–Kier alpha value is -1.36. The zero-order valence-electron chi connectivity index (χ0n) is 10.4. The fourth-order valence-electron chi connectivity index (χ4n) is 2.30. The van der Waals surface area contributed by atoms with Gasteiger partial charge in [0.2, 0.25) is 17.7 Å².